The van der Waals surface area contributed by atoms with Crippen LogP contribution in [0.3, 0.4) is 0 Å². The van der Waals surface area contributed by atoms with Crippen LogP contribution in [-0.4, -0.2) is 6.54 Å². The Morgan fingerprint density at radius 1 is 0.857 bits per heavy atom. The number of rotatable bonds is 5. The summed E-state index contributed by atoms with van der Waals surface area (Å²) in [5.74, 6) is 0. The van der Waals surface area contributed by atoms with Crippen LogP contribution in [0.15, 0.2) is 53.0 Å². The van der Waals surface area contributed by atoms with Gasteiger partial charge in [-0.2, -0.15) is 0 Å². The van der Waals surface area contributed by atoms with Gasteiger partial charge in [0.25, 0.3) is 0 Å². The van der Waals surface area contributed by atoms with E-state index < -0.39 is 0 Å². The fraction of sp³-hybridized carbons (Fsp3) is 0.368. The number of hydrogen-bond acceptors (Lipinski definition) is 1. The minimum absolute atomic E-state index is 0.230. The second kappa shape index (κ2) is 7.24. The highest BCUT2D eigenvalue weighted by Crippen LogP contribution is 2.22. The molecule has 0 aliphatic heterocycles. The van der Waals surface area contributed by atoms with Crippen LogP contribution in [0.25, 0.3) is 0 Å². The van der Waals surface area contributed by atoms with E-state index in [0.29, 0.717) is 0 Å². The molecule has 0 radical (unpaired) electrons. The minimum atomic E-state index is 0.230. The zero-order valence-corrected chi connectivity index (χ0v) is 14.7. The molecule has 0 fully saturated rings. The van der Waals surface area contributed by atoms with E-state index in [4.69, 9.17) is 0 Å². The summed E-state index contributed by atoms with van der Waals surface area (Å²) in [6, 6.07) is 17.5. The quantitative estimate of drug-likeness (QED) is 0.745. The van der Waals surface area contributed by atoms with Gasteiger partial charge < -0.3 is 5.32 Å². The zero-order valence-electron chi connectivity index (χ0n) is 13.1. The van der Waals surface area contributed by atoms with Crippen LogP contribution < -0.4 is 5.32 Å². The van der Waals surface area contributed by atoms with Crippen molar-refractivity contribution in [2.45, 2.75) is 39.2 Å². The summed E-state index contributed by atoms with van der Waals surface area (Å²) < 4.78 is 1.14. The highest BCUT2D eigenvalue weighted by molar-refractivity contribution is 9.10. The average molecular weight is 346 g/mol. The summed E-state index contributed by atoms with van der Waals surface area (Å²) in [5, 5.41) is 3.51. The van der Waals surface area contributed by atoms with Crippen molar-refractivity contribution in [3.05, 3.63) is 69.7 Å². The average Bonchev–Trinajstić information content (AvgIpc) is 2.45. The van der Waals surface area contributed by atoms with Gasteiger partial charge in [-0.05, 0) is 47.2 Å². The van der Waals surface area contributed by atoms with Crippen molar-refractivity contribution in [2.24, 2.45) is 0 Å². The maximum atomic E-state index is 3.51. The largest absolute Gasteiger partial charge is 0.312 e. The van der Waals surface area contributed by atoms with E-state index >= 15 is 0 Å². The van der Waals surface area contributed by atoms with Crippen LogP contribution in [-0.2, 0) is 18.4 Å². The first-order valence-corrected chi connectivity index (χ1v) is 8.29. The second-order valence-corrected chi connectivity index (χ2v) is 7.42. The lowest BCUT2D eigenvalue weighted by Crippen LogP contribution is -2.17. The van der Waals surface area contributed by atoms with Crippen LogP contribution in [0.5, 0.6) is 0 Å². The third kappa shape index (κ3) is 5.29. The van der Waals surface area contributed by atoms with Crippen molar-refractivity contribution in [3.8, 4) is 0 Å². The number of benzene rings is 2. The molecule has 0 saturated carbocycles. The van der Waals surface area contributed by atoms with Gasteiger partial charge in [0.05, 0.1) is 0 Å². The first-order chi connectivity index (χ1) is 9.95. The Bertz CT molecular complexity index is 550. The molecular weight excluding hydrogens is 322 g/mol. The summed E-state index contributed by atoms with van der Waals surface area (Å²) in [6.45, 7) is 8.68. The second-order valence-electron chi connectivity index (χ2n) is 6.50. The van der Waals surface area contributed by atoms with Crippen LogP contribution in [0.2, 0.25) is 0 Å². The molecule has 0 amide bonds. The predicted octanol–water partition coefficient (Wildman–Crippen LogP) is 5.08. The molecule has 0 heterocycles. The molecule has 0 aliphatic carbocycles. The van der Waals surface area contributed by atoms with Crippen LogP contribution in [0.4, 0.5) is 0 Å². The summed E-state index contributed by atoms with van der Waals surface area (Å²) in [7, 11) is 0. The zero-order chi connectivity index (χ0) is 15.3. The Balaban J connectivity index is 1.77. The van der Waals surface area contributed by atoms with Gasteiger partial charge in [0.15, 0.2) is 0 Å². The molecule has 112 valence electrons. The molecule has 2 aromatic rings. The molecule has 0 aliphatic rings. The van der Waals surface area contributed by atoms with Crippen LogP contribution >= 0.6 is 15.9 Å². The molecule has 2 heteroatoms. The smallest absolute Gasteiger partial charge is 0.0205 e. The Labute approximate surface area is 136 Å². The Kier molecular flexibility index (Phi) is 5.60. The molecule has 0 bridgehead atoms. The first-order valence-electron chi connectivity index (χ1n) is 7.50. The molecular formula is C19H24BrN. The summed E-state index contributed by atoms with van der Waals surface area (Å²) in [5.41, 5.74) is 4.33. The molecule has 0 spiro atoms. The third-order valence-electron chi connectivity index (χ3n) is 3.65. The van der Waals surface area contributed by atoms with Crippen molar-refractivity contribution >= 4 is 15.9 Å². The van der Waals surface area contributed by atoms with E-state index in [1.807, 2.05) is 0 Å². The van der Waals surface area contributed by atoms with Gasteiger partial charge in [-0.25, -0.2) is 0 Å². The maximum Gasteiger partial charge on any atom is 0.0205 e. The molecule has 0 unspecified atom stereocenters. The highest BCUT2D eigenvalue weighted by atomic mass is 79.9. The molecule has 21 heavy (non-hydrogen) atoms. The first kappa shape index (κ1) is 16.3. The van der Waals surface area contributed by atoms with Crippen molar-refractivity contribution in [3.63, 3.8) is 0 Å². The monoisotopic (exact) mass is 345 g/mol. The Hall–Kier alpha value is -1.12. The van der Waals surface area contributed by atoms with Crippen LogP contribution in [0, 0.1) is 0 Å². The van der Waals surface area contributed by atoms with Crippen molar-refractivity contribution in [2.75, 3.05) is 6.54 Å². The van der Waals surface area contributed by atoms with Gasteiger partial charge in [-0.3, -0.25) is 0 Å². The van der Waals surface area contributed by atoms with Gasteiger partial charge >= 0.3 is 0 Å². The normalized spacial score (nSPS) is 11.6. The topological polar surface area (TPSA) is 12.0 Å². The predicted molar refractivity (Wildman–Crippen MR) is 94.7 cm³/mol. The molecule has 0 atom stereocenters. The van der Waals surface area contributed by atoms with E-state index in [9.17, 15) is 0 Å². The van der Waals surface area contributed by atoms with E-state index in [0.717, 1.165) is 24.0 Å². The van der Waals surface area contributed by atoms with E-state index in [1.165, 1.54) is 16.7 Å². The molecule has 2 rings (SSSR count). The summed E-state index contributed by atoms with van der Waals surface area (Å²) in [4.78, 5) is 0. The van der Waals surface area contributed by atoms with Gasteiger partial charge in [-0.1, -0.05) is 73.1 Å². The molecule has 0 saturated heterocycles. The van der Waals surface area contributed by atoms with Gasteiger partial charge in [-0.15, -0.1) is 0 Å². The van der Waals surface area contributed by atoms with Crippen LogP contribution in [0.1, 0.15) is 37.5 Å². The summed E-state index contributed by atoms with van der Waals surface area (Å²) >= 11 is 3.46. The third-order valence-corrected chi connectivity index (χ3v) is 4.18. The van der Waals surface area contributed by atoms with Crippen molar-refractivity contribution in [1.29, 1.82) is 0 Å². The molecule has 1 nitrogen and oxygen atoms in total. The Morgan fingerprint density at radius 3 is 2.00 bits per heavy atom. The highest BCUT2D eigenvalue weighted by Gasteiger charge is 2.12. The summed E-state index contributed by atoms with van der Waals surface area (Å²) in [6.07, 6.45) is 1.06. The lowest BCUT2D eigenvalue weighted by molar-refractivity contribution is 0.589. The van der Waals surface area contributed by atoms with Crippen molar-refractivity contribution in [1.82, 2.24) is 5.32 Å². The SMILES string of the molecule is CC(C)(C)c1ccc(CNCCc2ccc(Br)cc2)cc1. The lowest BCUT2D eigenvalue weighted by Gasteiger charge is -2.19. The molecule has 0 aromatic heterocycles. The fourth-order valence-electron chi connectivity index (χ4n) is 2.24. The minimum Gasteiger partial charge on any atom is -0.312 e. The van der Waals surface area contributed by atoms with Gasteiger partial charge in [0.2, 0.25) is 0 Å². The standard InChI is InChI=1S/C19H24BrN/c1-19(2,3)17-8-4-16(5-9-17)14-21-13-12-15-6-10-18(20)11-7-15/h4-11,21H,12-14H2,1-3H3. The number of hydrogen-bond donors (Lipinski definition) is 1. The van der Waals surface area contributed by atoms with Gasteiger partial charge in [0.1, 0.15) is 0 Å². The van der Waals surface area contributed by atoms with E-state index in [2.05, 4.69) is 90.5 Å². The molecule has 1 N–H and O–H groups in total. The maximum absolute atomic E-state index is 3.51. The van der Waals surface area contributed by atoms with Crippen molar-refractivity contribution < 1.29 is 0 Å². The van der Waals surface area contributed by atoms with Gasteiger partial charge in [0, 0.05) is 11.0 Å². The molecule has 2 aromatic carbocycles. The number of halogens is 1. The Morgan fingerprint density at radius 2 is 1.43 bits per heavy atom. The lowest BCUT2D eigenvalue weighted by atomic mass is 9.87. The van der Waals surface area contributed by atoms with E-state index in [-0.39, 0.29) is 5.41 Å². The number of nitrogens with one attached hydrogen (secondary N) is 1. The van der Waals surface area contributed by atoms with E-state index in [1.54, 1.807) is 0 Å². The fourth-order valence-corrected chi connectivity index (χ4v) is 2.50.